The summed E-state index contributed by atoms with van der Waals surface area (Å²) < 4.78 is 1.87. The standard InChI is InChI=1S/C23H23N3O4/c27-21-18-8-4-5-9-20(18)26(15-19(21)22(28)29)14-16-10-12-25(13-11-16)23(30)24-17-6-2-1-3-7-17/h1-9,15-16H,10-14H2,(H,24,30)(H,28,29). The molecule has 2 aromatic carbocycles. The van der Waals surface area contributed by atoms with Crippen LogP contribution in [0.25, 0.3) is 10.9 Å². The molecule has 0 aliphatic carbocycles. The van der Waals surface area contributed by atoms with E-state index in [1.807, 2.05) is 47.0 Å². The molecule has 0 spiro atoms. The number of benzene rings is 2. The Kier molecular flexibility index (Phi) is 5.52. The van der Waals surface area contributed by atoms with Crippen LogP contribution in [0.1, 0.15) is 23.2 Å². The molecular weight excluding hydrogens is 382 g/mol. The van der Waals surface area contributed by atoms with Gasteiger partial charge in [-0.2, -0.15) is 0 Å². The number of pyridine rings is 1. The van der Waals surface area contributed by atoms with E-state index in [0.29, 0.717) is 30.9 Å². The third-order valence-electron chi connectivity index (χ3n) is 5.60. The molecule has 0 unspecified atom stereocenters. The largest absolute Gasteiger partial charge is 0.477 e. The average molecular weight is 405 g/mol. The van der Waals surface area contributed by atoms with Gasteiger partial charge in [-0.3, -0.25) is 4.79 Å². The lowest BCUT2D eigenvalue weighted by molar-refractivity contribution is 0.0694. The van der Waals surface area contributed by atoms with Gasteiger partial charge in [-0.05, 0) is 43.0 Å². The summed E-state index contributed by atoms with van der Waals surface area (Å²) in [5, 5.41) is 12.7. The number of fused-ring (bicyclic) bond motifs is 1. The van der Waals surface area contributed by atoms with Crippen LogP contribution in [0.2, 0.25) is 0 Å². The highest BCUT2D eigenvalue weighted by atomic mass is 16.4. The molecule has 30 heavy (non-hydrogen) atoms. The van der Waals surface area contributed by atoms with E-state index < -0.39 is 11.4 Å². The van der Waals surface area contributed by atoms with E-state index in [1.54, 1.807) is 17.0 Å². The number of rotatable bonds is 4. The summed E-state index contributed by atoms with van der Waals surface area (Å²) in [5.41, 5.74) is 0.831. The van der Waals surface area contributed by atoms with Crippen LogP contribution in [0.3, 0.4) is 0 Å². The molecule has 7 heteroatoms. The van der Waals surface area contributed by atoms with Gasteiger partial charge in [0.05, 0.1) is 5.52 Å². The van der Waals surface area contributed by atoms with E-state index in [2.05, 4.69) is 5.32 Å². The summed E-state index contributed by atoms with van der Waals surface area (Å²) >= 11 is 0. The molecule has 4 rings (SSSR count). The molecule has 1 aromatic heterocycles. The van der Waals surface area contributed by atoms with Crippen molar-refractivity contribution in [2.75, 3.05) is 18.4 Å². The monoisotopic (exact) mass is 405 g/mol. The van der Waals surface area contributed by atoms with E-state index in [9.17, 15) is 19.5 Å². The van der Waals surface area contributed by atoms with Crippen LogP contribution in [0.4, 0.5) is 10.5 Å². The highest BCUT2D eigenvalue weighted by Gasteiger charge is 2.24. The van der Waals surface area contributed by atoms with Gasteiger partial charge in [0.2, 0.25) is 5.43 Å². The first-order valence-corrected chi connectivity index (χ1v) is 9.99. The van der Waals surface area contributed by atoms with Crippen LogP contribution in [-0.4, -0.2) is 39.7 Å². The maximum atomic E-state index is 12.5. The zero-order valence-corrected chi connectivity index (χ0v) is 16.5. The smallest absolute Gasteiger partial charge is 0.341 e. The first-order chi connectivity index (χ1) is 14.5. The van der Waals surface area contributed by atoms with Crippen LogP contribution in [-0.2, 0) is 6.54 Å². The third-order valence-corrected chi connectivity index (χ3v) is 5.60. The van der Waals surface area contributed by atoms with E-state index >= 15 is 0 Å². The Morgan fingerprint density at radius 1 is 1.00 bits per heavy atom. The maximum absolute atomic E-state index is 12.5. The zero-order chi connectivity index (χ0) is 21.1. The molecule has 0 radical (unpaired) electrons. The molecule has 0 bridgehead atoms. The van der Waals surface area contributed by atoms with Crippen molar-refractivity contribution in [3.05, 3.63) is 76.6 Å². The van der Waals surface area contributed by atoms with Gasteiger partial charge >= 0.3 is 12.0 Å². The highest BCUT2D eigenvalue weighted by Crippen LogP contribution is 2.22. The Labute approximate surface area is 173 Å². The summed E-state index contributed by atoms with van der Waals surface area (Å²) in [4.78, 5) is 38.2. The molecule has 154 valence electrons. The van der Waals surface area contributed by atoms with E-state index in [-0.39, 0.29) is 11.6 Å². The fraction of sp³-hybridized carbons (Fsp3) is 0.261. The van der Waals surface area contributed by atoms with Crippen molar-refractivity contribution < 1.29 is 14.7 Å². The second kappa shape index (κ2) is 8.41. The number of nitrogens with zero attached hydrogens (tertiary/aromatic N) is 2. The van der Waals surface area contributed by atoms with Gasteiger partial charge in [0.1, 0.15) is 5.56 Å². The van der Waals surface area contributed by atoms with Crippen molar-refractivity contribution >= 4 is 28.6 Å². The highest BCUT2D eigenvalue weighted by molar-refractivity contribution is 5.92. The molecule has 1 fully saturated rings. The molecule has 3 aromatic rings. The fourth-order valence-corrected chi connectivity index (χ4v) is 3.97. The molecule has 0 atom stereocenters. The lowest BCUT2D eigenvalue weighted by Gasteiger charge is -2.32. The summed E-state index contributed by atoms with van der Waals surface area (Å²) in [5.74, 6) is -0.926. The number of carboxylic acid groups (broad SMARTS) is 1. The van der Waals surface area contributed by atoms with Gasteiger partial charge in [0, 0.05) is 36.9 Å². The summed E-state index contributed by atoms with van der Waals surface area (Å²) in [6.45, 7) is 1.87. The second-order valence-corrected chi connectivity index (χ2v) is 7.57. The quantitative estimate of drug-likeness (QED) is 0.693. The predicted octanol–water partition coefficient (Wildman–Crippen LogP) is 3.64. The molecule has 1 aliphatic heterocycles. The van der Waals surface area contributed by atoms with Crippen molar-refractivity contribution in [2.24, 2.45) is 5.92 Å². The van der Waals surface area contributed by atoms with Gasteiger partial charge in [0.15, 0.2) is 0 Å². The number of nitrogens with one attached hydrogen (secondary N) is 1. The van der Waals surface area contributed by atoms with Crippen molar-refractivity contribution in [1.82, 2.24) is 9.47 Å². The first-order valence-electron chi connectivity index (χ1n) is 9.99. The number of para-hydroxylation sites is 2. The minimum atomic E-state index is -1.22. The number of piperidine rings is 1. The molecule has 1 aliphatic rings. The number of anilines is 1. The number of carbonyl (C=O) groups excluding carboxylic acids is 1. The number of aromatic nitrogens is 1. The second-order valence-electron chi connectivity index (χ2n) is 7.57. The summed E-state index contributed by atoms with van der Waals surface area (Å²) in [7, 11) is 0. The Morgan fingerprint density at radius 3 is 2.37 bits per heavy atom. The van der Waals surface area contributed by atoms with Crippen LogP contribution in [0, 0.1) is 5.92 Å². The van der Waals surface area contributed by atoms with Crippen molar-refractivity contribution in [2.45, 2.75) is 19.4 Å². The van der Waals surface area contributed by atoms with Crippen molar-refractivity contribution in [3.63, 3.8) is 0 Å². The summed E-state index contributed by atoms with van der Waals surface area (Å²) in [6.07, 6.45) is 3.07. The topological polar surface area (TPSA) is 91.6 Å². The van der Waals surface area contributed by atoms with E-state index in [0.717, 1.165) is 24.0 Å². The Morgan fingerprint density at radius 2 is 1.67 bits per heavy atom. The van der Waals surface area contributed by atoms with Gasteiger partial charge in [0.25, 0.3) is 0 Å². The number of likely N-dealkylation sites (tertiary alicyclic amines) is 1. The number of amides is 2. The maximum Gasteiger partial charge on any atom is 0.341 e. The normalized spacial score (nSPS) is 14.6. The lowest BCUT2D eigenvalue weighted by atomic mass is 9.96. The minimum Gasteiger partial charge on any atom is -0.477 e. The van der Waals surface area contributed by atoms with Crippen LogP contribution in [0.15, 0.2) is 65.6 Å². The molecular formula is C23H23N3O4. The Balaban J connectivity index is 1.46. The number of aromatic carboxylic acids is 1. The van der Waals surface area contributed by atoms with E-state index in [1.165, 1.54) is 6.20 Å². The lowest BCUT2D eigenvalue weighted by Crippen LogP contribution is -2.41. The van der Waals surface area contributed by atoms with Gasteiger partial charge in [-0.15, -0.1) is 0 Å². The number of urea groups is 1. The molecule has 2 heterocycles. The van der Waals surface area contributed by atoms with Crippen LogP contribution in [0.5, 0.6) is 0 Å². The minimum absolute atomic E-state index is 0.110. The Hall–Kier alpha value is -3.61. The van der Waals surface area contributed by atoms with E-state index in [4.69, 9.17) is 0 Å². The molecule has 7 nitrogen and oxygen atoms in total. The van der Waals surface area contributed by atoms with Gasteiger partial charge < -0.3 is 19.9 Å². The zero-order valence-electron chi connectivity index (χ0n) is 16.5. The van der Waals surface area contributed by atoms with Crippen molar-refractivity contribution in [3.8, 4) is 0 Å². The number of hydrogen-bond donors (Lipinski definition) is 2. The SMILES string of the molecule is O=C(O)c1cn(CC2CCN(C(=O)Nc3ccccc3)CC2)c2ccccc2c1=O. The van der Waals surface area contributed by atoms with Gasteiger partial charge in [-0.25, -0.2) is 9.59 Å². The fourth-order valence-electron chi connectivity index (χ4n) is 3.97. The number of carbonyl (C=O) groups is 2. The molecule has 2 amide bonds. The first kappa shape index (κ1) is 19.7. The van der Waals surface area contributed by atoms with Crippen LogP contribution >= 0.6 is 0 Å². The molecule has 1 saturated heterocycles. The number of carboxylic acids is 1. The Bertz CT molecular complexity index is 1130. The third kappa shape index (κ3) is 4.05. The summed E-state index contributed by atoms with van der Waals surface area (Å²) in [6, 6.07) is 16.3. The average Bonchev–Trinajstić information content (AvgIpc) is 2.76. The van der Waals surface area contributed by atoms with Gasteiger partial charge in [-0.1, -0.05) is 30.3 Å². The van der Waals surface area contributed by atoms with Crippen LogP contribution < -0.4 is 10.7 Å². The molecule has 0 saturated carbocycles. The van der Waals surface area contributed by atoms with Crippen molar-refractivity contribution in [1.29, 1.82) is 0 Å². The molecule has 2 N–H and O–H groups in total. The predicted molar refractivity (Wildman–Crippen MR) is 115 cm³/mol. The number of hydrogen-bond acceptors (Lipinski definition) is 3.